The molecular formula is C14H11Cl3N2O2. The van der Waals surface area contributed by atoms with E-state index < -0.39 is 5.91 Å². The number of hydrogen-bond donors (Lipinski definition) is 2. The molecule has 0 aromatic heterocycles. The molecule has 4 nitrogen and oxygen atoms in total. The van der Waals surface area contributed by atoms with Gasteiger partial charge >= 0.3 is 0 Å². The van der Waals surface area contributed by atoms with Crippen LogP contribution in [0.25, 0.3) is 0 Å². The Morgan fingerprint density at radius 1 is 1.14 bits per heavy atom. The molecule has 0 aliphatic carbocycles. The number of carbonyl (C=O) groups excluding carboxylic acids is 1. The minimum atomic E-state index is -0.434. The van der Waals surface area contributed by atoms with Gasteiger partial charge in [0.1, 0.15) is 5.75 Å². The zero-order valence-corrected chi connectivity index (χ0v) is 13.2. The Morgan fingerprint density at radius 2 is 1.86 bits per heavy atom. The normalized spacial score (nSPS) is 10.3. The van der Waals surface area contributed by atoms with Crippen molar-refractivity contribution in [1.29, 1.82) is 0 Å². The van der Waals surface area contributed by atoms with E-state index >= 15 is 0 Å². The number of rotatable bonds is 3. The number of halogens is 3. The lowest BCUT2D eigenvalue weighted by atomic mass is 10.2. The zero-order chi connectivity index (χ0) is 15.6. The lowest BCUT2D eigenvalue weighted by Gasteiger charge is -2.12. The molecule has 1 amide bonds. The predicted octanol–water partition coefficient (Wildman–Crippen LogP) is 4.49. The summed E-state index contributed by atoms with van der Waals surface area (Å²) in [5.74, 6) is -0.0249. The van der Waals surface area contributed by atoms with Gasteiger partial charge in [-0.3, -0.25) is 4.79 Å². The average molecular weight is 346 g/mol. The van der Waals surface area contributed by atoms with Gasteiger partial charge in [-0.15, -0.1) is 0 Å². The summed E-state index contributed by atoms with van der Waals surface area (Å²) in [6.45, 7) is 0. The van der Waals surface area contributed by atoms with Gasteiger partial charge in [-0.25, -0.2) is 0 Å². The van der Waals surface area contributed by atoms with Crippen LogP contribution >= 0.6 is 34.8 Å². The molecule has 0 radical (unpaired) electrons. The minimum absolute atomic E-state index is 0.246. The lowest BCUT2D eigenvalue weighted by molar-refractivity contribution is 0.102. The molecule has 0 saturated heterocycles. The lowest BCUT2D eigenvalue weighted by Crippen LogP contribution is -2.13. The Bertz CT molecular complexity index is 705. The van der Waals surface area contributed by atoms with Crippen molar-refractivity contribution in [2.24, 2.45) is 0 Å². The van der Waals surface area contributed by atoms with Crippen LogP contribution in [0.3, 0.4) is 0 Å². The van der Waals surface area contributed by atoms with Crippen molar-refractivity contribution in [3.05, 3.63) is 51.0 Å². The van der Waals surface area contributed by atoms with E-state index in [1.54, 1.807) is 12.1 Å². The van der Waals surface area contributed by atoms with Gasteiger partial charge in [0.15, 0.2) is 0 Å². The molecule has 2 rings (SSSR count). The molecule has 3 N–H and O–H groups in total. The van der Waals surface area contributed by atoms with Gasteiger partial charge < -0.3 is 15.8 Å². The van der Waals surface area contributed by atoms with Gasteiger partial charge in [-0.1, -0.05) is 34.8 Å². The summed E-state index contributed by atoms with van der Waals surface area (Å²) in [4.78, 5) is 12.2. The fraction of sp³-hybridized carbons (Fsp3) is 0.0714. The number of anilines is 2. The molecule has 2 aromatic carbocycles. The molecule has 7 heteroatoms. The molecule has 0 spiro atoms. The SMILES string of the molecule is COc1cc(NC(=O)c2cc(Cl)ccc2Cl)c(Cl)cc1N. The number of nitrogen functional groups attached to an aromatic ring is 1. The fourth-order valence-corrected chi connectivity index (χ4v) is 2.30. The first kappa shape index (κ1) is 15.8. The van der Waals surface area contributed by atoms with E-state index in [-0.39, 0.29) is 10.6 Å². The van der Waals surface area contributed by atoms with Crippen LogP contribution in [0.1, 0.15) is 10.4 Å². The molecule has 0 heterocycles. The first-order valence-corrected chi connectivity index (χ1v) is 6.95. The number of nitrogens with two attached hydrogens (primary N) is 1. The number of carbonyl (C=O) groups is 1. The van der Waals surface area contributed by atoms with E-state index in [1.807, 2.05) is 0 Å². The summed E-state index contributed by atoms with van der Waals surface area (Å²) >= 11 is 17.9. The maximum atomic E-state index is 12.2. The van der Waals surface area contributed by atoms with Crippen molar-refractivity contribution < 1.29 is 9.53 Å². The molecule has 0 saturated carbocycles. The molecule has 0 fully saturated rings. The van der Waals surface area contributed by atoms with Crippen LogP contribution in [0, 0.1) is 0 Å². The van der Waals surface area contributed by atoms with Crippen molar-refractivity contribution in [2.45, 2.75) is 0 Å². The van der Waals surface area contributed by atoms with Gasteiger partial charge in [0.2, 0.25) is 0 Å². The van der Waals surface area contributed by atoms with Gasteiger partial charge in [0.25, 0.3) is 5.91 Å². The van der Waals surface area contributed by atoms with Crippen LogP contribution in [0.2, 0.25) is 15.1 Å². The molecule has 0 atom stereocenters. The minimum Gasteiger partial charge on any atom is -0.495 e. The molecule has 0 aliphatic rings. The Morgan fingerprint density at radius 3 is 2.52 bits per heavy atom. The second-order valence-corrected chi connectivity index (χ2v) is 5.40. The van der Waals surface area contributed by atoms with Crippen LogP contribution < -0.4 is 15.8 Å². The smallest absolute Gasteiger partial charge is 0.257 e. The van der Waals surface area contributed by atoms with E-state index in [2.05, 4.69) is 5.32 Å². The van der Waals surface area contributed by atoms with Crippen molar-refractivity contribution >= 4 is 52.1 Å². The number of benzene rings is 2. The standard InChI is InChI=1S/C14H11Cl3N2O2/c1-21-13-6-12(10(17)5-11(13)18)19-14(20)8-4-7(15)2-3-9(8)16/h2-6H,18H2,1H3,(H,19,20). The topological polar surface area (TPSA) is 64.3 Å². The van der Waals surface area contributed by atoms with E-state index in [1.165, 1.54) is 25.3 Å². The van der Waals surface area contributed by atoms with E-state index in [0.717, 1.165) is 0 Å². The highest BCUT2D eigenvalue weighted by molar-refractivity contribution is 6.37. The third kappa shape index (κ3) is 3.53. The van der Waals surface area contributed by atoms with Crippen molar-refractivity contribution in [3.63, 3.8) is 0 Å². The van der Waals surface area contributed by atoms with Crippen LogP contribution in [-0.2, 0) is 0 Å². The van der Waals surface area contributed by atoms with Crippen LogP contribution in [0.5, 0.6) is 5.75 Å². The highest BCUT2D eigenvalue weighted by atomic mass is 35.5. The monoisotopic (exact) mass is 344 g/mol. The Labute approximate surface area is 136 Å². The van der Waals surface area contributed by atoms with Crippen molar-refractivity contribution in [2.75, 3.05) is 18.2 Å². The van der Waals surface area contributed by atoms with Gasteiger partial charge in [0.05, 0.1) is 34.1 Å². The number of ether oxygens (including phenoxy) is 1. The van der Waals surface area contributed by atoms with Crippen LogP contribution in [0.4, 0.5) is 11.4 Å². The average Bonchev–Trinajstić information content (AvgIpc) is 2.44. The number of methoxy groups -OCH3 is 1. The zero-order valence-electron chi connectivity index (χ0n) is 10.9. The Kier molecular flexibility index (Phi) is 4.83. The quantitative estimate of drug-likeness (QED) is 0.806. The molecule has 0 bridgehead atoms. The summed E-state index contributed by atoms with van der Waals surface area (Å²) in [5, 5.41) is 3.63. The second kappa shape index (κ2) is 6.43. The largest absolute Gasteiger partial charge is 0.495 e. The van der Waals surface area contributed by atoms with Gasteiger partial charge in [-0.05, 0) is 24.3 Å². The fourth-order valence-electron chi connectivity index (χ4n) is 1.70. The summed E-state index contributed by atoms with van der Waals surface area (Å²) < 4.78 is 5.09. The summed E-state index contributed by atoms with van der Waals surface area (Å²) in [6, 6.07) is 7.65. The third-order valence-electron chi connectivity index (χ3n) is 2.74. The molecule has 0 unspecified atom stereocenters. The van der Waals surface area contributed by atoms with E-state index in [0.29, 0.717) is 27.2 Å². The van der Waals surface area contributed by atoms with Crippen molar-refractivity contribution in [3.8, 4) is 5.75 Å². The molecular weight excluding hydrogens is 335 g/mol. The second-order valence-electron chi connectivity index (χ2n) is 4.15. The predicted molar refractivity (Wildman–Crippen MR) is 86.8 cm³/mol. The Hall–Kier alpha value is -1.62. The van der Waals surface area contributed by atoms with Crippen LogP contribution in [0.15, 0.2) is 30.3 Å². The number of hydrogen-bond acceptors (Lipinski definition) is 3. The molecule has 110 valence electrons. The van der Waals surface area contributed by atoms with Gasteiger partial charge in [-0.2, -0.15) is 0 Å². The number of nitrogens with one attached hydrogen (secondary N) is 1. The maximum absolute atomic E-state index is 12.2. The Balaban J connectivity index is 2.33. The first-order valence-electron chi connectivity index (χ1n) is 5.81. The van der Waals surface area contributed by atoms with Gasteiger partial charge in [0, 0.05) is 11.1 Å². The van der Waals surface area contributed by atoms with E-state index in [4.69, 9.17) is 45.3 Å². The van der Waals surface area contributed by atoms with E-state index in [9.17, 15) is 4.79 Å². The molecule has 0 aliphatic heterocycles. The third-order valence-corrected chi connectivity index (χ3v) is 3.62. The molecule has 21 heavy (non-hydrogen) atoms. The highest BCUT2D eigenvalue weighted by Gasteiger charge is 2.14. The number of amides is 1. The summed E-state index contributed by atoms with van der Waals surface area (Å²) in [7, 11) is 1.47. The highest BCUT2D eigenvalue weighted by Crippen LogP contribution is 2.33. The summed E-state index contributed by atoms with van der Waals surface area (Å²) in [6.07, 6.45) is 0. The maximum Gasteiger partial charge on any atom is 0.257 e. The van der Waals surface area contributed by atoms with Crippen molar-refractivity contribution in [1.82, 2.24) is 0 Å². The van der Waals surface area contributed by atoms with Crippen LogP contribution in [-0.4, -0.2) is 13.0 Å². The first-order chi connectivity index (χ1) is 9.92. The molecule has 2 aromatic rings. The summed E-state index contributed by atoms with van der Waals surface area (Å²) in [5.41, 5.74) is 6.71.